The van der Waals surface area contributed by atoms with E-state index in [9.17, 15) is 0 Å². The second-order valence-corrected chi connectivity index (χ2v) is 6.58. The Morgan fingerprint density at radius 1 is 0.875 bits per heavy atom. The number of hydrogen-bond acceptors (Lipinski definition) is 3. The molecule has 0 spiro atoms. The van der Waals surface area contributed by atoms with Crippen molar-refractivity contribution in [3.8, 4) is 0 Å². The van der Waals surface area contributed by atoms with Gasteiger partial charge in [0.2, 0.25) is 0 Å². The molecule has 0 amide bonds. The molecule has 3 aromatic rings. The number of anilines is 1. The van der Waals surface area contributed by atoms with Crippen LogP contribution in [0.15, 0.2) is 77.4 Å². The third-order valence-electron chi connectivity index (χ3n) is 3.86. The van der Waals surface area contributed by atoms with Crippen molar-refractivity contribution in [2.75, 3.05) is 4.90 Å². The molecule has 0 saturated carbocycles. The zero-order valence-corrected chi connectivity index (χ0v) is 15.0. The molecule has 0 fully saturated rings. The molecule has 24 heavy (non-hydrogen) atoms. The first-order valence-electron chi connectivity index (χ1n) is 7.93. The molecule has 0 aliphatic rings. The zero-order chi connectivity index (χ0) is 16.8. The first kappa shape index (κ1) is 16.7. The summed E-state index contributed by atoms with van der Waals surface area (Å²) in [5.74, 6) is 0.938. The van der Waals surface area contributed by atoms with Gasteiger partial charge >= 0.3 is 0 Å². The Labute approximate surface area is 151 Å². The number of rotatable bonds is 6. The van der Waals surface area contributed by atoms with E-state index in [1.807, 2.05) is 24.4 Å². The molecule has 0 bridgehead atoms. The summed E-state index contributed by atoms with van der Waals surface area (Å²) < 4.78 is 0.950. The maximum Gasteiger partial charge on any atom is 0.133 e. The minimum absolute atomic E-state index is 0.460. The van der Waals surface area contributed by atoms with Gasteiger partial charge in [-0.15, -0.1) is 0 Å². The van der Waals surface area contributed by atoms with Gasteiger partial charge in [-0.3, -0.25) is 0 Å². The van der Waals surface area contributed by atoms with Crippen LogP contribution in [-0.4, -0.2) is 4.98 Å². The monoisotopic (exact) mass is 381 g/mol. The molecule has 0 unspecified atom stereocenters. The van der Waals surface area contributed by atoms with Crippen molar-refractivity contribution in [2.24, 2.45) is 5.73 Å². The minimum atomic E-state index is 0.460. The van der Waals surface area contributed by atoms with Crippen molar-refractivity contribution in [3.63, 3.8) is 0 Å². The van der Waals surface area contributed by atoms with Crippen LogP contribution in [0, 0.1) is 0 Å². The molecular weight excluding hydrogens is 362 g/mol. The first-order chi connectivity index (χ1) is 11.8. The molecule has 1 heterocycles. The third kappa shape index (κ3) is 4.22. The zero-order valence-electron chi connectivity index (χ0n) is 13.4. The molecule has 0 atom stereocenters. The highest BCUT2D eigenvalue weighted by atomic mass is 79.9. The van der Waals surface area contributed by atoms with Crippen LogP contribution >= 0.6 is 15.9 Å². The number of hydrogen-bond donors (Lipinski definition) is 1. The fourth-order valence-electron chi connectivity index (χ4n) is 2.72. The second kappa shape index (κ2) is 8.08. The number of nitrogens with two attached hydrogens (primary N) is 1. The van der Waals surface area contributed by atoms with E-state index in [1.165, 1.54) is 11.1 Å². The largest absolute Gasteiger partial charge is 0.348 e. The molecule has 3 nitrogen and oxygen atoms in total. The van der Waals surface area contributed by atoms with Gasteiger partial charge in [0.1, 0.15) is 5.82 Å². The number of pyridine rings is 1. The molecule has 4 heteroatoms. The van der Waals surface area contributed by atoms with E-state index in [0.29, 0.717) is 6.54 Å². The normalized spacial score (nSPS) is 10.6. The van der Waals surface area contributed by atoms with Crippen molar-refractivity contribution < 1.29 is 0 Å². The van der Waals surface area contributed by atoms with Crippen LogP contribution in [-0.2, 0) is 19.6 Å². The average molecular weight is 382 g/mol. The van der Waals surface area contributed by atoms with Gasteiger partial charge in [0, 0.05) is 35.9 Å². The van der Waals surface area contributed by atoms with Gasteiger partial charge in [0.15, 0.2) is 0 Å². The highest BCUT2D eigenvalue weighted by molar-refractivity contribution is 9.10. The van der Waals surface area contributed by atoms with Crippen LogP contribution in [0.25, 0.3) is 0 Å². The third-order valence-corrected chi connectivity index (χ3v) is 4.30. The fourth-order valence-corrected chi connectivity index (χ4v) is 3.10. The smallest absolute Gasteiger partial charge is 0.133 e. The van der Waals surface area contributed by atoms with Crippen LogP contribution in [0.1, 0.15) is 16.7 Å². The van der Waals surface area contributed by atoms with E-state index in [4.69, 9.17) is 5.73 Å². The molecular formula is C20H20BrN3. The van der Waals surface area contributed by atoms with Crippen LogP contribution < -0.4 is 10.6 Å². The molecule has 3 rings (SSSR count). The van der Waals surface area contributed by atoms with Crippen molar-refractivity contribution in [2.45, 2.75) is 19.6 Å². The van der Waals surface area contributed by atoms with Crippen LogP contribution in [0.3, 0.4) is 0 Å². The lowest BCUT2D eigenvalue weighted by atomic mass is 10.1. The van der Waals surface area contributed by atoms with Gasteiger partial charge in [-0.2, -0.15) is 0 Å². The Morgan fingerprint density at radius 3 is 1.92 bits per heavy atom. The van der Waals surface area contributed by atoms with Crippen LogP contribution in [0.4, 0.5) is 5.82 Å². The van der Waals surface area contributed by atoms with Crippen molar-refractivity contribution >= 4 is 21.7 Å². The first-order valence-corrected chi connectivity index (χ1v) is 8.73. The lowest BCUT2D eigenvalue weighted by molar-refractivity contribution is 0.772. The molecule has 0 radical (unpaired) electrons. The summed E-state index contributed by atoms with van der Waals surface area (Å²) in [6.07, 6.45) is 1.83. The molecule has 1 aromatic heterocycles. The van der Waals surface area contributed by atoms with Crippen molar-refractivity contribution in [3.05, 3.63) is 94.1 Å². The average Bonchev–Trinajstić information content (AvgIpc) is 2.63. The number of aromatic nitrogens is 1. The molecule has 2 N–H and O–H groups in total. The Balaban J connectivity index is 1.95. The van der Waals surface area contributed by atoms with Gasteiger partial charge in [-0.05, 0) is 33.1 Å². The second-order valence-electron chi connectivity index (χ2n) is 5.67. The predicted octanol–water partition coefficient (Wildman–Crippen LogP) is 4.51. The summed E-state index contributed by atoms with van der Waals surface area (Å²) >= 11 is 3.48. The molecule has 0 aliphatic carbocycles. The van der Waals surface area contributed by atoms with E-state index in [2.05, 4.69) is 74.3 Å². The summed E-state index contributed by atoms with van der Waals surface area (Å²) in [4.78, 5) is 6.92. The Kier molecular flexibility index (Phi) is 5.62. The summed E-state index contributed by atoms with van der Waals surface area (Å²) in [6.45, 7) is 2.04. The number of halogens is 1. The summed E-state index contributed by atoms with van der Waals surface area (Å²) in [5.41, 5.74) is 9.50. The standard InChI is InChI=1S/C20H20BrN3/c21-19-11-18(12-22)20(23-13-19)24(14-16-7-3-1-4-8-16)15-17-9-5-2-6-10-17/h1-11,13H,12,14-15,22H2. The van der Waals surface area contributed by atoms with Gasteiger partial charge in [0.05, 0.1) is 0 Å². The summed E-state index contributed by atoms with van der Waals surface area (Å²) in [5, 5.41) is 0. The molecule has 0 aliphatic heterocycles. The van der Waals surface area contributed by atoms with E-state index in [1.54, 1.807) is 0 Å². The Bertz CT molecular complexity index is 734. The van der Waals surface area contributed by atoms with Crippen LogP contribution in [0.2, 0.25) is 0 Å². The van der Waals surface area contributed by atoms with Crippen molar-refractivity contribution in [1.29, 1.82) is 0 Å². The molecule has 122 valence electrons. The van der Waals surface area contributed by atoms with Gasteiger partial charge in [0.25, 0.3) is 0 Å². The summed E-state index contributed by atoms with van der Waals surface area (Å²) in [6, 6.07) is 22.9. The van der Waals surface area contributed by atoms with E-state index in [0.717, 1.165) is 28.9 Å². The predicted molar refractivity (Wildman–Crippen MR) is 103 cm³/mol. The van der Waals surface area contributed by atoms with E-state index < -0.39 is 0 Å². The summed E-state index contributed by atoms with van der Waals surface area (Å²) in [7, 11) is 0. The van der Waals surface area contributed by atoms with Crippen molar-refractivity contribution in [1.82, 2.24) is 4.98 Å². The van der Waals surface area contributed by atoms with Gasteiger partial charge in [-0.25, -0.2) is 4.98 Å². The number of benzene rings is 2. The SMILES string of the molecule is NCc1cc(Br)cnc1N(Cc1ccccc1)Cc1ccccc1. The maximum atomic E-state index is 5.96. The maximum absolute atomic E-state index is 5.96. The van der Waals surface area contributed by atoms with Gasteiger partial charge < -0.3 is 10.6 Å². The minimum Gasteiger partial charge on any atom is -0.348 e. The Hall–Kier alpha value is -2.17. The lowest BCUT2D eigenvalue weighted by Crippen LogP contribution is -2.25. The quantitative estimate of drug-likeness (QED) is 0.682. The lowest BCUT2D eigenvalue weighted by Gasteiger charge is -2.26. The highest BCUT2D eigenvalue weighted by Crippen LogP contribution is 2.24. The molecule has 2 aromatic carbocycles. The fraction of sp³-hybridized carbons (Fsp3) is 0.150. The number of nitrogens with zero attached hydrogens (tertiary/aromatic N) is 2. The topological polar surface area (TPSA) is 42.1 Å². The Morgan fingerprint density at radius 2 is 1.42 bits per heavy atom. The van der Waals surface area contributed by atoms with Crippen LogP contribution in [0.5, 0.6) is 0 Å². The van der Waals surface area contributed by atoms with E-state index >= 15 is 0 Å². The molecule has 0 saturated heterocycles. The highest BCUT2D eigenvalue weighted by Gasteiger charge is 2.14. The van der Waals surface area contributed by atoms with Gasteiger partial charge in [-0.1, -0.05) is 60.7 Å². The van der Waals surface area contributed by atoms with E-state index in [-0.39, 0.29) is 0 Å².